The maximum absolute atomic E-state index is 12.3. The molecular weight excluding hydrogens is 444 g/mol. The molecule has 0 saturated carbocycles. The Labute approximate surface area is 206 Å². The number of carbonyl (C=O) groups excluding carboxylic acids is 2. The molecule has 35 heavy (non-hydrogen) atoms. The highest BCUT2D eigenvalue weighted by Crippen LogP contribution is 2.19. The molecule has 0 aliphatic rings. The van der Waals surface area contributed by atoms with Crippen LogP contribution in [0.15, 0.2) is 79.4 Å². The normalized spacial score (nSPS) is 10.3. The zero-order valence-corrected chi connectivity index (χ0v) is 19.9. The Hall–Kier alpha value is -4.06. The first kappa shape index (κ1) is 25.6. The van der Waals surface area contributed by atoms with Gasteiger partial charge in [-0.15, -0.1) is 0 Å². The molecule has 0 bridgehead atoms. The minimum absolute atomic E-state index is 0.305. The SMILES string of the molecule is C=Cc1ccc(C(=O)OCCCCCCOc2ccc(C(=O)Oc3ccc(OC)cc3)cc2)cc1. The first-order valence-corrected chi connectivity index (χ1v) is 11.6. The summed E-state index contributed by atoms with van der Waals surface area (Å²) >= 11 is 0. The highest BCUT2D eigenvalue weighted by Gasteiger charge is 2.09. The average molecular weight is 475 g/mol. The molecule has 6 heteroatoms. The topological polar surface area (TPSA) is 71.1 Å². The van der Waals surface area contributed by atoms with E-state index in [0.717, 1.165) is 31.2 Å². The molecule has 0 radical (unpaired) electrons. The van der Waals surface area contributed by atoms with E-state index in [2.05, 4.69) is 6.58 Å². The number of carbonyl (C=O) groups is 2. The Balaban J connectivity index is 1.27. The number of esters is 2. The Morgan fingerprint density at radius 1 is 0.686 bits per heavy atom. The first-order chi connectivity index (χ1) is 17.1. The fourth-order valence-corrected chi connectivity index (χ4v) is 3.25. The lowest BCUT2D eigenvalue weighted by atomic mass is 10.1. The van der Waals surface area contributed by atoms with Crippen molar-refractivity contribution < 1.29 is 28.5 Å². The van der Waals surface area contributed by atoms with Crippen LogP contribution < -0.4 is 14.2 Å². The quantitative estimate of drug-likeness (QED) is 0.163. The first-order valence-electron chi connectivity index (χ1n) is 11.6. The molecule has 3 aromatic rings. The van der Waals surface area contributed by atoms with Crippen LogP contribution in [0.2, 0.25) is 0 Å². The molecule has 0 saturated heterocycles. The van der Waals surface area contributed by atoms with Crippen LogP contribution in [0.4, 0.5) is 0 Å². The maximum atomic E-state index is 12.3. The van der Waals surface area contributed by atoms with E-state index in [0.29, 0.717) is 41.6 Å². The molecule has 3 aromatic carbocycles. The number of hydrogen-bond donors (Lipinski definition) is 0. The third-order valence-corrected chi connectivity index (χ3v) is 5.28. The molecule has 0 aromatic heterocycles. The second-order valence-corrected chi connectivity index (χ2v) is 7.81. The molecular formula is C29H30O6. The predicted octanol–water partition coefficient (Wildman–Crippen LogP) is 6.35. The number of rotatable bonds is 13. The van der Waals surface area contributed by atoms with Crippen molar-refractivity contribution in [1.29, 1.82) is 0 Å². The molecule has 0 N–H and O–H groups in total. The third-order valence-electron chi connectivity index (χ3n) is 5.28. The lowest BCUT2D eigenvalue weighted by molar-refractivity contribution is 0.0497. The highest BCUT2D eigenvalue weighted by molar-refractivity contribution is 5.91. The number of unbranched alkanes of at least 4 members (excludes halogenated alkanes) is 3. The van der Waals surface area contributed by atoms with Crippen LogP contribution in [-0.2, 0) is 4.74 Å². The molecule has 0 aliphatic carbocycles. The molecule has 0 fully saturated rings. The molecule has 182 valence electrons. The van der Waals surface area contributed by atoms with Crippen LogP contribution in [0.5, 0.6) is 17.2 Å². The Morgan fingerprint density at radius 3 is 1.86 bits per heavy atom. The summed E-state index contributed by atoms with van der Waals surface area (Å²) in [6.07, 6.45) is 5.34. The van der Waals surface area contributed by atoms with Crippen LogP contribution in [-0.4, -0.2) is 32.3 Å². The molecule has 0 aliphatic heterocycles. The smallest absolute Gasteiger partial charge is 0.343 e. The van der Waals surface area contributed by atoms with Crippen molar-refractivity contribution >= 4 is 18.0 Å². The summed E-state index contributed by atoms with van der Waals surface area (Å²) < 4.78 is 21.5. The van der Waals surface area contributed by atoms with E-state index >= 15 is 0 Å². The van der Waals surface area contributed by atoms with E-state index in [1.807, 2.05) is 12.1 Å². The third kappa shape index (κ3) is 8.34. The van der Waals surface area contributed by atoms with Crippen LogP contribution in [0.3, 0.4) is 0 Å². The Bertz CT molecular complexity index is 1090. The van der Waals surface area contributed by atoms with Crippen molar-refractivity contribution in [1.82, 2.24) is 0 Å². The summed E-state index contributed by atoms with van der Waals surface area (Å²) in [6.45, 7) is 4.67. The lowest BCUT2D eigenvalue weighted by Crippen LogP contribution is -2.08. The average Bonchev–Trinajstić information content (AvgIpc) is 2.90. The van der Waals surface area contributed by atoms with E-state index in [-0.39, 0.29) is 5.97 Å². The van der Waals surface area contributed by atoms with Gasteiger partial charge in [0.1, 0.15) is 17.2 Å². The summed E-state index contributed by atoms with van der Waals surface area (Å²) in [6, 6.07) is 20.9. The number of ether oxygens (including phenoxy) is 4. The van der Waals surface area contributed by atoms with Gasteiger partial charge in [0.15, 0.2) is 0 Å². The second kappa shape index (κ2) is 13.6. The van der Waals surface area contributed by atoms with Gasteiger partial charge < -0.3 is 18.9 Å². The maximum Gasteiger partial charge on any atom is 0.343 e. The molecule has 0 unspecified atom stereocenters. The second-order valence-electron chi connectivity index (χ2n) is 7.81. The lowest BCUT2D eigenvalue weighted by Gasteiger charge is -2.08. The summed E-state index contributed by atoms with van der Waals surface area (Å²) in [5.74, 6) is 1.10. The Kier molecular flexibility index (Phi) is 9.93. The van der Waals surface area contributed by atoms with Gasteiger partial charge in [0.25, 0.3) is 0 Å². The van der Waals surface area contributed by atoms with E-state index in [1.54, 1.807) is 73.8 Å². The molecule has 0 heterocycles. The highest BCUT2D eigenvalue weighted by atomic mass is 16.5. The molecule has 3 rings (SSSR count). The van der Waals surface area contributed by atoms with Crippen LogP contribution in [0, 0.1) is 0 Å². The van der Waals surface area contributed by atoms with E-state index < -0.39 is 5.97 Å². The van der Waals surface area contributed by atoms with Crippen molar-refractivity contribution in [3.05, 3.63) is 96.1 Å². The van der Waals surface area contributed by atoms with Gasteiger partial charge in [-0.05, 0) is 91.9 Å². The van der Waals surface area contributed by atoms with E-state index in [4.69, 9.17) is 18.9 Å². The van der Waals surface area contributed by atoms with Gasteiger partial charge >= 0.3 is 11.9 Å². The summed E-state index contributed by atoms with van der Waals surface area (Å²) in [7, 11) is 1.58. The molecule has 0 spiro atoms. The Morgan fingerprint density at radius 2 is 1.23 bits per heavy atom. The summed E-state index contributed by atoms with van der Waals surface area (Å²) in [5.41, 5.74) is 1.95. The summed E-state index contributed by atoms with van der Waals surface area (Å²) in [5, 5.41) is 0. The van der Waals surface area contributed by atoms with Crippen molar-refractivity contribution in [2.24, 2.45) is 0 Å². The number of hydrogen-bond acceptors (Lipinski definition) is 6. The van der Waals surface area contributed by atoms with Gasteiger partial charge in [-0.2, -0.15) is 0 Å². The minimum Gasteiger partial charge on any atom is -0.497 e. The van der Waals surface area contributed by atoms with E-state index in [1.165, 1.54) is 0 Å². The fraction of sp³-hybridized carbons (Fsp3) is 0.241. The van der Waals surface area contributed by atoms with Gasteiger partial charge in [-0.1, -0.05) is 24.8 Å². The minimum atomic E-state index is -0.434. The zero-order valence-electron chi connectivity index (χ0n) is 19.9. The van der Waals surface area contributed by atoms with E-state index in [9.17, 15) is 9.59 Å². The van der Waals surface area contributed by atoms with Crippen molar-refractivity contribution in [2.45, 2.75) is 25.7 Å². The van der Waals surface area contributed by atoms with Gasteiger partial charge in [0.2, 0.25) is 0 Å². The molecule has 0 amide bonds. The predicted molar refractivity (Wildman–Crippen MR) is 135 cm³/mol. The largest absolute Gasteiger partial charge is 0.497 e. The number of benzene rings is 3. The van der Waals surface area contributed by atoms with Crippen LogP contribution in [0.1, 0.15) is 52.0 Å². The van der Waals surface area contributed by atoms with Gasteiger partial charge in [-0.3, -0.25) is 0 Å². The summed E-state index contributed by atoms with van der Waals surface area (Å²) in [4.78, 5) is 24.3. The standard InChI is InChI=1S/C29H30O6/c1-3-22-8-10-23(11-9-22)28(30)34-21-7-5-4-6-20-33-26-14-12-24(13-15-26)29(31)35-27-18-16-25(32-2)17-19-27/h3,8-19H,1,4-7,20-21H2,2H3. The van der Waals surface area contributed by atoms with Crippen LogP contribution in [0.25, 0.3) is 6.08 Å². The monoisotopic (exact) mass is 474 g/mol. The van der Waals surface area contributed by atoms with Gasteiger partial charge in [0.05, 0.1) is 31.5 Å². The van der Waals surface area contributed by atoms with Crippen molar-refractivity contribution in [3.63, 3.8) is 0 Å². The molecule has 6 nitrogen and oxygen atoms in total. The fourth-order valence-electron chi connectivity index (χ4n) is 3.25. The number of methoxy groups -OCH3 is 1. The van der Waals surface area contributed by atoms with Crippen LogP contribution >= 0.6 is 0 Å². The van der Waals surface area contributed by atoms with Gasteiger partial charge in [0, 0.05) is 0 Å². The van der Waals surface area contributed by atoms with Crippen molar-refractivity contribution in [3.8, 4) is 17.2 Å². The van der Waals surface area contributed by atoms with Gasteiger partial charge in [-0.25, -0.2) is 9.59 Å². The molecule has 0 atom stereocenters. The van der Waals surface area contributed by atoms with Crippen molar-refractivity contribution in [2.75, 3.05) is 20.3 Å². The zero-order chi connectivity index (χ0) is 24.9.